The van der Waals surface area contributed by atoms with E-state index in [1.165, 1.54) is 0 Å². The van der Waals surface area contributed by atoms with Crippen LogP contribution >= 0.6 is 0 Å². The van der Waals surface area contributed by atoms with Crippen LogP contribution in [0.2, 0.25) is 36.3 Å². The maximum absolute atomic E-state index is 13.7. The molecule has 5 nitrogen and oxygen atoms in total. The molecular formula is C35H72O5Si2. The molecule has 0 saturated carbocycles. The molecule has 0 aliphatic carbocycles. The van der Waals surface area contributed by atoms with Gasteiger partial charge < -0.3 is 18.7 Å². The highest BCUT2D eigenvalue weighted by Gasteiger charge is 2.44. The van der Waals surface area contributed by atoms with Crippen LogP contribution in [0.3, 0.4) is 0 Å². The number of esters is 1. The molecule has 0 spiro atoms. The number of aliphatic hydroxyl groups is 1. The standard InChI is InChI=1S/C35H72O5Si2/c1-17-31(39-41(18-2,19-3)20-4)35(15,16)33(36)29(13)27(11)28(12)30(14)38-34(37)32(26(10)24-25(8)9)40-42(21-5,22-6)23-7/h25-26,29-33,36H,17-24H2,1-16H3/b28-27+/t26-,29-,30-,31?,32?,33-/m0/s1. The molecule has 0 bridgehead atoms. The lowest BCUT2D eigenvalue weighted by molar-refractivity contribution is -0.158. The summed E-state index contributed by atoms with van der Waals surface area (Å²) >= 11 is 0. The van der Waals surface area contributed by atoms with E-state index >= 15 is 0 Å². The van der Waals surface area contributed by atoms with Crippen molar-refractivity contribution in [2.45, 2.75) is 184 Å². The Balaban J connectivity index is 6.07. The molecule has 0 aromatic heterocycles. The van der Waals surface area contributed by atoms with Crippen molar-refractivity contribution in [1.29, 1.82) is 0 Å². The van der Waals surface area contributed by atoms with Crippen LogP contribution in [-0.4, -0.2) is 52.1 Å². The average molecular weight is 629 g/mol. The van der Waals surface area contributed by atoms with Crippen molar-refractivity contribution in [1.82, 2.24) is 0 Å². The molecule has 0 heterocycles. The fourth-order valence-electron chi connectivity index (χ4n) is 6.68. The lowest BCUT2D eigenvalue weighted by atomic mass is 9.72. The maximum Gasteiger partial charge on any atom is 0.334 e. The summed E-state index contributed by atoms with van der Waals surface area (Å²) in [7, 11) is -3.83. The Kier molecular flexibility index (Phi) is 18.3. The molecule has 42 heavy (non-hydrogen) atoms. The minimum absolute atomic E-state index is 0.00898. The van der Waals surface area contributed by atoms with E-state index < -0.39 is 40.4 Å². The molecule has 0 aliphatic heterocycles. The second-order valence-corrected chi connectivity index (χ2v) is 23.6. The fraction of sp³-hybridized carbons (Fsp3) is 0.914. The van der Waals surface area contributed by atoms with Crippen molar-refractivity contribution in [3.63, 3.8) is 0 Å². The van der Waals surface area contributed by atoms with Gasteiger partial charge in [0.25, 0.3) is 0 Å². The third kappa shape index (κ3) is 10.9. The first-order chi connectivity index (χ1) is 19.4. The van der Waals surface area contributed by atoms with Gasteiger partial charge in [-0.1, -0.05) is 95.6 Å². The Morgan fingerprint density at radius 1 is 0.738 bits per heavy atom. The third-order valence-corrected chi connectivity index (χ3v) is 20.1. The highest BCUT2D eigenvalue weighted by molar-refractivity contribution is 6.74. The van der Waals surface area contributed by atoms with Gasteiger partial charge in [-0.2, -0.15) is 0 Å². The van der Waals surface area contributed by atoms with Gasteiger partial charge in [0.05, 0.1) is 12.2 Å². The number of carbonyl (C=O) groups excluding carboxylic acids is 1. The van der Waals surface area contributed by atoms with Gasteiger partial charge in [0, 0.05) is 11.3 Å². The topological polar surface area (TPSA) is 65.0 Å². The second-order valence-electron chi connectivity index (χ2n) is 14.1. The van der Waals surface area contributed by atoms with Crippen molar-refractivity contribution in [2.75, 3.05) is 0 Å². The van der Waals surface area contributed by atoms with Crippen molar-refractivity contribution >= 4 is 22.6 Å². The van der Waals surface area contributed by atoms with Crippen LogP contribution < -0.4 is 0 Å². The number of rotatable bonds is 21. The van der Waals surface area contributed by atoms with Gasteiger partial charge in [-0.25, -0.2) is 4.79 Å². The van der Waals surface area contributed by atoms with Gasteiger partial charge >= 0.3 is 5.97 Å². The molecule has 0 fully saturated rings. The Bertz CT molecular complexity index is 800. The minimum Gasteiger partial charge on any atom is -0.456 e. The van der Waals surface area contributed by atoms with Crippen molar-refractivity contribution in [3.8, 4) is 0 Å². The lowest BCUT2D eigenvalue weighted by Crippen LogP contribution is -2.51. The number of ether oxygens (including phenoxy) is 1. The van der Waals surface area contributed by atoms with E-state index in [4.69, 9.17) is 13.6 Å². The second kappa shape index (κ2) is 18.5. The van der Waals surface area contributed by atoms with Crippen LogP contribution in [0.4, 0.5) is 0 Å². The van der Waals surface area contributed by atoms with Gasteiger partial charge in [-0.15, -0.1) is 0 Å². The molecule has 0 aromatic carbocycles. The normalized spacial score (nSPS) is 18.2. The molecule has 0 saturated heterocycles. The van der Waals surface area contributed by atoms with Gasteiger partial charge in [0.2, 0.25) is 0 Å². The summed E-state index contributed by atoms with van der Waals surface area (Å²) in [5.41, 5.74) is 1.65. The average Bonchev–Trinajstić information content (AvgIpc) is 2.96. The first-order valence-corrected chi connectivity index (χ1v) is 22.4. The molecule has 0 aliphatic rings. The zero-order chi connectivity index (χ0) is 33.1. The summed E-state index contributed by atoms with van der Waals surface area (Å²) < 4.78 is 19.9. The van der Waals surface area contributed by atoms with E-state index in [0.29, 0.717) is 5.92 Å². The van der Waals surface area contributed by atoms with Crippen molar-refractivity contribution in [2.24, 2.45) is 23.2 Å². The predicted octanol–water partition coefficient (Wildman–Crippen LogP) is 10.2. The fourth-order valence-corrected chi connectivity index (χ4v) is 12.6. The van der Waals surface area contributed by atoms with Crippen LogP contribution in [0.1, 0.15) is 124 Å². The van der Waals surface area contributed by atoms with E-state index in [0.717, 1.165) is 60.3 Å². The SMILES string of the molecule is CCC(O[Si](CC)(CC)CC)C(C)(C)[C@@H](O)[C@@H](C)/C(C)=C(\C)[C@H](C)OC(=O)C(O[Si](CC)(CC)CC)[C@@H](C)CC(C)C. The molecule has 2 unspecified atom stereocenters. The van der Waals surface area contributed by atoms with E-state index in [9.17, 15) is 9.90 Å². The van der Waals surface area contributed by atoms with Crippen LogP contribution in [-0.2, 0) is 18.4 Å². The van der Waals surface area contributed by atoms with E-state index in [1.54, 1.807) is 0 Å². The summed E-state index contributed by atoms with van der Waals surface area (Å²) in [6.45, 7) is 34.5. The summed E-state index contributed by atoms with van der Waals surface area (Å²) in [5, 5.41) is 11.8. The quantitative estimate of drug-likeness (QED) is 0.0778. The lowest BCUT2D eigenvalue weighted by Gasteiger charge is -2.45. The van der Waals surface area contributed by atoms with Gasteiger partial charge in [-0.3, -0.25) is 0 Å². The van der Waals surface area contributed by atoms with E-state index in [-0.39, 0.29) is 23.9 Å². The zero-order valence-corrected chi connectivity index (χ0v) is 32.8. The van der Waals surface area contributed by atoms with Crippen LogP contribution in [0.25, 0.3) is 0 Å². The molecule has 0 radical (unpaired) electrons. The molecule has 7 heteroatoms. The minimum atomic E-state index is -2.01. The highest BCUT2D eigenvalue weighted by atomic mass is 28.4. The third-order valence-electron chi connectivity index (χ3n) is 10.9. The van der Waals surface area contributed by atoms with Crippen LogP contribution in [0, 0.1) is 23.2 Å². The summed E-state index contributed by atoms with van der Waals surface area (Å²) in [5.74, 6) is 0.210. The molecular weight excluding hydrogens is 557 g/mol. The Hall–Kier alpha value is -0.476. The van der Waals surface area contributed by atoms with Crippen LogP contribution in [0.15, 0.2) is 11.1 Å². The highest BCUT2D eigenvalue weighted by Crippen LogP contribution is 2.40. The molecule has 0 rings (SSSR count). The van der Waals surface area contributed by atoms with Gasteiger partial charge in [0.15, 0.2) is 16.6 Å². The number of aliphatic hydroxyl groups excluding tert-OH is 1. The molecule has 250 valence electrons. The molecule has 6 atom stereocenters. The molecule has 1 N–H and O–H groups in total. The number of hydrogen-bond donors (Lipinski definition) is 1. The van der Waals surface area contributed by atoms with Gasteiger partial charge in [0.1, 0.15) is 12.2 Å². The smallest absolute Gasteiger partial charge is 0.334 e. The number of carbonyl (C=O) groups is 1. The predicted molar refractivity (Wildman–Crippen MR) is 186 cm³/mol. The summed E-state index contributed by atoms with van der Waals surface area (Å²) in [6.07, 6.45) is 0.248. The maximum atomic E-state index is 13.7. The van der Waals surface area contributed by atoms with Gasteiger partial charge in [-0.05, 0) is 87.3 Å². The van der Waals surface area contributed by atoms with Crippen molar-refractivity contribution < 1.29 is 23.5 Å². The molecule has 0 amide bonds. The summed E-state index contributed by atoms with van der Waals surface area (Å²) in [4.78, 5) is 13.7. The zero-order valence-electron chi connectivity index (χ0n) is 30.8. The van der Waals surface area contributed by atoms with Crippen molar-refractivity contribution in [3.05, 3.63) is 11.1 Å². The monoisotopic (exact) mass is 628 g/mol. The summed E-state index contributed by atoms with van der Waals surface area (Å²) in [6, 6.07) is 6.28. The van der Waals surface area contributed by atoms with E-state index in [2.05, 4.69) is 96.9 Å². The largest absolute Gasteiger partial charge is 0.456 e. The Labute approximate surface area is 264 Å². The first kappa shape index (κ1) is 41.5. The van der Waals surface area contributed by atoms with E-state index in [1.807, 2.05) is 13.8 Å². The number of hydrogen-bond acceptors (Lipinski definition) is 5. The van der Waals surface area contributed by atoms with Crippen LogP contribution in [0.5, 0.6) is 0 Å². The first-order valence-electron chi connectivity index (χ1n) is 17.3. The Morgan fingerprint density at radius 2 is 1.17 bits per heavy atom. The molecule has 0 aromatic rings. The Morgan fingerprint density at radius 3 is 1.55 bits per heavy atom.